The first-order valence-corrected chi connectivity index (χ1v) is 8.83. The summed E-state index contributed by atoms with van der Waals surface area (Å²) < 4.78 is 0. The van der Waals surface area contributed by atoms with Crippen molar-refractivity contribution in [2.24, 2.45) is 0 Å². The van der Waals surface area contributed by atoms with Gasteiger partial charge in [-0.15, -0.1) is 12.4 Å². The number of nitrogens with one attached hydrogen (secondary N) is 3. The number of nitrogens with zero attached hydrogens (tertiary/aromatic N) is 1. The highest BCUT2D eigenvalue weighted by atomic mass is 35.5. The molecule has 0 radical (unpaired) electrons. The first-order chi connectivity index (χ1) is 12.1. The Labute approximate surface area is 158 Å². The minimum atomic E-state index is -0.997. The van der Waals surface area contributed by atoms with E-state index >= 15 is 0 Å². The van der Waals surface area contributed by atoms with Crippen LogP contribution < -0.4 is 16.0 Å². The fourth-order valence-corrected chi connectivity index (χ4v) is 4.12. The van der Waals surface area contributed by atoms with E-state index in [2.05, 4.69) is 16.0 Å². The van der Waals surface area contributed by atoms with Gasteiger partial charge < -0.3 is 16.0 Å². The summed E-state index contributed by atoms with van der Waals surface area (Å²) >= 11 is 0. The molecule has 1 aromatic carbocycles. The molecule has 4 amide bonds. The molecular weight excluding hydrogens is 356 g/mol. The molecule has 4 rings (SSSR count). The number of carbonyl (C=O) groups excluding carboxylic acids is 3. The molecule has 7 nitrogen and oxygen atoms in total. The second kappa shape index (κ2) is 7.25. The third-order valence-electron chi connectivity index (χ3n) is 5.43. The van der Waals surface area contributed by atoms with Gasteiger partial charge in [0.2, 0.25) is 5.91 Å². The van der Waals surface area contributed by atoms with Gasteiger partial charge in [-0.2, -0.15) is 0 Å². The smallest absolute Gasteiger partial charge is 0.325 e. The fraction of sp³-hybridized carbons (Fsp3) is 0.500. The summed E-state index contributed by atoms with van der Waals surface area (Å²) in [6, 6.07) is 7.30. The van der Waals surface area contributed by atoms with Gasteiger partial charge in [-0.25, -0.2) is 4.79 Å². The molecule has 1 spiro atoms. The van der Waals surface area contributed by atoms with Crippen LogP contribution in [0.5, 0.6) is 0 Å². The fourth-order valence-electron chi connectivity index (χ4n) is 4.12. The Hall–Kier alpha value is -2.12. The van der Waals surface area contributed by atoms with Gasteiger partial charge in [0.05, 0.1) is 0 Å². The molecule has 2 heterocycles. The molecule has 2 fully saturated rings. The second-order valence-electron chi connectivity index (χ2n) is 6.98. The number of amides is 4. The van der Waals surface area contributed by atoms with Crippen LogP contribution in [0.1, 0.15) is 30.4 Å². The van der Waals surface area contributed by atoms with Crippen LogP contribution in [0, 0.1) is 0 Å². The van der Waals surface area contributed by atoms with Crippen molar-refractivity contribution in [2.45, 2.75) is 37.3 Å². The van der Waals surface area contributed by atoms with Gasteiger partial charge in [0, 0.05) is 6.04 Å². The van der Waals surface area contributed by atoms with E-state index in [0.29, 0.717) is 6.42 Å². The zero-order valence-corrected chi connectivity index (χ0v) is 15.2. The van der Waals surface area contributed by atoms with Crippen LogP contribution in [-0.2, 0) is 21.5 Å². The third kappa shape index (κ3) is 3.05. The maximum absolute atomic E-state index is 13.0. The number of rotatable bonds is 3. The van der Waals surface area contributed by atoms with Crippen molar-refractivity contribution in [3.63, 3.8) is 0 Å². The Balaban J connectivity index is 0.00000196. The monoisotopic (exact) mass is 378 g/mol. The van der Waals surface area contributed by atoms with Crippen LogP contribution in [0.4, 0.5) is 4.79 Å². The standard InChI is InChI=1S/C18H22N4O3.ClH/c23-15(20-13-6-9-19-10-7-13)11-22-16(24)18(21-17(22)25)8-5-12-3-1-2-4-14(12)18;/h1-4,13,19H,5-11H2,(H,20,23)(H,21,25);1H. The number of piperidine rings is 1. The summed E-state index contributed by atoms with van der Waals surface area (Å²) in [5.74, 6) is -0.596. The third-order valence-corrected chi connectivity index (χ3v) is 5.43. The Morgan fingerprint density at radius 1 is 1.23 bits per heavy atom. The second-order valence-corrected chi connectivity index (χ2v) is 6.98. The molecule has 2 saturated heterocycles. The summed E-state index contributed by atoms with van der Waals surface area (Å²) in [6.07, 6.45) is 3.02. The van der Waals surface area contributed by atoms with Crippen molar-refractivity contribution in [1.29, 1.82) is 0 Å². The topological polar surface area (TPSA) is 90.5 Å². The molecule has 1 aromatic rings. The van der Waals surface area contributed by atoms with Crippen LogP contribution >= 0.6 is 12.4 Å². The van der Waals surface area contributed by atoms with Crippen LogP contribution in [0.25, 0.3) is 0 Å². The van der Waals surface area contributed by atoms with E-state index in [-0.39, 0.29) is 36.8 Å². The lowest BCUT2D eigenvalue weighted by Gasteiger charge is -2.25. The number of hydrogen-bond acceptors (Lipinski definition) is 4. The van der Waals surface area contributed by atoms with Crippen molar-refractivity contribution < 1.29 is 14.4 Å². The van der Waals surface area contributed by atoms with E-state index in [1.807, 2.05) is 24.3 Å². The first-order valence-electron chi connectivity index (χ1n) is 8.83. The number of benzene rings is 1. The van der Waals surface area contributed by atoms with Crippen LogP contribution in [0.3, 0.4) is 0 Å². The summed E-state index contributed by atoms with van der Waals surface area (Å²) in [6.45, 7) is 1.51. The van der Waals surface area contributed by atoms with Crippen molar-refractivity contribution in [3.8, 4) is 0 Å². The molecule has 1 unspecified atom stereocenters. The number of hydrogen-bond donors (Lipinski definition) is 3. The molecule has 0 bridgehead atoms. The van der Waals surface area contributed by atoms with Gasteiger partial charge in [-0.05, 0) is 49.9 Å². The minimum Gasteiger partial charge on any atom is -0.352 e. The van der Waals surface area contributed by atoms with E-state index in [4.69, 9.17) is 0 Å². The average molecular weight is 379 g/mol. The predicted octanol–water partition coefficient (Wildman–Crippen LogP) is 0.670. The molecule has 140 valence electrons. The highest BCUT2D eigenvalue weighted by Crippen LogP contribution is 2.41. The molecular formula is C18H23ClN4O3. The van der Waals surface area contributed by atoms with Gasteiger partial charge in [-0.3, -0.25) is 14.5 Å². The normalized spacial score (nSPS) is 25.0. The minimum absolute atomic E-state index is 0. The Morgan fingerprint density at radius 3 is 2.73 bits per heavy atom. The van der Waals surface area contributed by atoms with Gasteiger partial charge in [0.1, 0.15) is 12.1 Å². The molecule has 2 aliphatic heterocycles. The summed E-state index contributed by atoms with van der Waals surface area (Å²) in [5, 5.41) is 9.01. The van der Waals surface area contributed by atoms with E-state index in [9.17, 15) is 14.4 Å². The number of imide groups is 1. The van der Waals surface area contributed by atoms with Crippen LogP contribution in [0.2, 0.25) is 0 Å². The van der Waals surface area contributed by atoms with Crippen molar-refractivity contribution >= 4 is 30.3 Å². The number of aryl methyl sites for hydroxylation is 1. The quantitative estimate of drug-likeness (QED) is 0.674. The highest BCUT2D eigenvalue weighted by Gasteiger charge is 2.55. The molecule has 3 N–H and O–H groups in total. The van der Waals surface area contributed by atoms with E-state index in [0.717, 1.165) is 48.4 Å². The summed E-state index contributed by atoms with van der Waals surface area (Å²) in [5.41, 5.74) is 0.940. The van der Waals surface area contributed by atoms with Gasteiger partial charge in [0.25, 0.3) is 5.91 Å². The van der Waals surface area contributed by atoms with Crippen molar-refractivity contribution in [3.05, 3.63) is 35.4 Å². The average Bonchev–Trinajstić information content (AvgIpc) is 3.10. The maximum atomic E-state index is 13.0. The number of fused-ring (bicyclic) bond motifs is 2. The van der Waals surface area contributed by atoms with Crippen molar-refractivity contribution in [2.75, 3.05) is 19.6 Å². The number of halogens is 1. The molecule has 1 atom stereocenters. The number of urea groups is 1. The Bertz CT molecular complexity index is 735. The van der Waals surface area contributed by atoms with Crippen LogP contribution in [-0.4, -0.2) is 48.4 Å². The summed E-state index contributed by atoms with van der Waals surface area (Å²) in [7, 11) is 0. The van der Waals surface area contributed by atoms with E-state index in [1.165, 1.54) is 0 Å². The van der Waals surface area contributed by atoms with E-state index in [1.54, 1.807) is 0 Å². The van der Waals surface area contributed by atoms with Gasteiger partial charge in [-0.1, -0.05) is 24.3 Å². The number of carbonyl (C=O) groups is 3. The van der Waals surface area contributed by atoms with E-state index < -0.39 is 11.6 Å². The van der Waals surface area contributed by atoms with Gasteiger partial charge in [0.15, 0.2) is 0 Å². The zero-order valence-electron chi connectivity index (χ0n) is 14.4. The Kier molecular flexibility index (Phi) is 5.20. The lowest BCUT2D eigenvalue weighted by Crippen LogP contribution is -2.48. The lowest BCUT2D eigenvalue weighted by molar-refractivity contribution is -0.135. The molecule has 3 aliphatic rings. The zero-order chi connectivity index (χ0) is 17.4. The maximum Gasteiger partial charge on any atom is 0.325 e. The molecule has 8 heteroatoms. The largest absolute Gasteiger partial charge is 0.352 e. The predicted molar refractivity (Wildman–Crippen MR) is 98.0 cm³/mol. The molecule has 0 saturated carbocycles. The summed E-state index contributed by atoms with van der Waals surface area (Å²) in [4.78, 5) is 38.7. The highest BCUT2D eigenvalue weighted by molar-refractivity contribution is 6.09. The molecule has 26 heavy (non-hydrogen) atoms. The Morgan fingerprint density at radius 2 is 1.96 bits per heavy atom. The molecule has 0 aromatic heterocycles. The van der Waals surface area contributed by atoms with Gasteiger partial charge >= 0.3 is 6.03 Å². The van der Waals surface area contributed by atoms with Crippen molar-refractivity contribution in [1.82, 2.24) is 20.9 Å². The molecule has 1 aliphatic carbocycles. The van der Waals surface area contributed by atoms with Crippen LogP contribution in [0.15, 0.2) is 24.3 Å². The first kappa shape index (κ1) is 18.7. The lowest BCUT2D eigenvalue weighted by atomic mass is 9.92. The SMILES string of the molecule is Cl.O=C(CN1C(=O)NC2(CCc3ccccc32)C1=O)NC1CCNCC1.